The van der Waals surface area contributed by atoms with Crippen molar-refractivity contribution in [3.8, 4) is 0 Å². The molecule has 0 radical (unpaired) electrons. The molecular weight excluding hydrogens is 276 g/mol. The third-order valence-corrected chi connectivity index (χ3v) is 4.08. The number of nitrogens with zero attached hydrogens (tertiary/aromatic N) is 2. The van der Waals surface area contributed by atoms with Gasteiger partial charge in [0.25, 0.3) is 5.91 Å². The van der Waals surface area contributed by atoms with Crippen LogP contribution < -0.4 is 10.6 Å². The summed E-state index contributed by atoms with van der Waals surface area (Å²) in [5.41, 5.74) is 1.80. The van der Waals surface area contributed by atoms with Gasteiger partial charge in [-0.1, -0.05) is 30.3 Å². The van der Waals surface area contributed by atoms with Gasteiger partial charge in [-0.2, -0.15) is 5.10 Å². The molecule has 1 aliphatic rings. The minimum absolute atomic E-state index is 0.0368. The number of hydrogen-bond acceptors (Lipinski definition) is 3. The molecule has 3 rings (SSSR count). The second-order valence-corrected chi connectivity index (χ2v) is 5.82. The Labute approximate surface area is 130 Å². The molecular formula is C17H22N4O. The quantitative estimate of drug-likeness (QED) is 0.853. The fourth-order valence-electron chi connectivity index (χ4n) is 2.79. The van der Waals surface area contributed by atoms with E-state index in [1.807, 2.05) is 18.2 Å². The van der Waals surface area contributed by atoms with Crippen LogP contribution in [0, 0.1) is 5.92 Å². The summed E-state index contributed by atoms with van der Waals surface area (Å²) < 4.78 is 1.80. The lowest BCUT2D eigenvalue weighted by Crippen LogP contribution is -2.26. The number of rotatable bonds is 6. The van der Waals surface area contributed by atoms with Gasteiger partial charge in [0.15, 0.2) is 0 Å². The Morgan fingerprint density at radius 3 is 3.00 bits per heavy atom. The molecule has 1 fully saturated rings. The summed E-state index contributed by atoms with van der Waals surface area (Å²) in [7, 11) is 0. The molecule has 1 aromatic heterocycles. The first kappa shape index (κ1) is 14.8. The van der Waals surface area contributed by atoms with Crippen molar-refractivity contribution in [2.45, 2.75) is 19.4 Å². The molecule has 1 saturated heterocycles. The summed E-state index contributed by atoms with van der Waals surface area (Å²) in [5, 5.41) is 10.6. The van der Waals surface area contributed by atoms with Crippen molar-refractivity contribution >= 4 is 5.91 Å². The highest BCUT2D eigenvalue weighted by atomic mass is 16.1. The van der Waals surface area contributed by atoms with Crippen LogP contribution in [0.2, 0.25) is 0 Å². The SMILES string of the molecule is O=C(NCCC1CCNC1)c1cnn(Cc2ccccc2)c1. The summed E-state index contributed by atoms with van der Waals surface area (Å²) in [6, 6.07) is 10.1. The van der Waals surface area contributed by atoms with Crippen molar-refractivity contribution in [3.63, 3.8) is 0 Å². The summed E-state index contributed by atoms with van der Waals surface area (Å²) in [6.07, 6.45) is 5.69. The molecule has 1 amide bonds. The molecule has 2 N–H and O–H groups in total. The maximum atomic E-state index is 12.1. The number of nitrogens with one attached hydrogen (secondary N) is 2. The van der Waals surface area contributed by atoms with E-state index in [1.165, 1.54) is 12.0 Å². The predicted octanol–water partition coefficient (Wildman–Crippen LogP) is 1.66. The van der Waals surface area contributed by atoms with Crippen LogP contribution >= 0.6 is 0 Å². The van der Waals surface area contributed by atoms with Gasteiger partial charge in [-0.15, -0.1) is 0 Å². The van der Waals surface area contributed by atoms with Gasteiger partial charge in [0.05, 0.1) is 18.3 Å². The topological polar surface area (TPSA) is 59.0 Å². The van der Waals surface area contributed by atoms with Gasteiger partial charge in [-0.3, -0.25) is 9.48 Å². The first-order chi connectivity index (χ1) is 10.8. The third kappa shape index (κ3) is 3.95. The standard InChI is InChI=1S/C17H22N4O/c22-17(19-9-7-14-6-8-18-10-14)16-11-20-21(13-16)12-15-4-2-1-3-5-15/h1-5,11,13-14,18H,6-10,12H2,(H,19,22). The Morgan fingerprint density at radius 2 is 2.23 bits per heavy atom. The maximum Gasteiger partial charge on any atom is 0.254 e. The highest BCUT2D eigenvalue weighted by Crippen LogP contribution is 2.11. The second kappa shape index (κ2) is 7.22. The van der Waals surface area contributed by atoms with Gasteiger partial charge in [0.2, 0.25) is 0 Å². The monoisotopic (exact) mass is 298 g/mol. The van der Waals surface area contributed by atoms with Crippen LogP contribution in [0.5, 0.6) is 0 Å². The summed E-state index contributed by atoms with van der Waals surface area (Å²) in [5.74, 6) is 0.659. The number of carbonyl (C=O) groups excluding carboxylic acids is 1. The van der Waals surface area contributed by atoms with Crippen molar-refractivity contribution in [3.05, 3.63) is 53.9 Å². The van der Waals surface area contributed by atoms with Crippen LogP contribution in [0.15, 0.2) is 42.7 Å². The Balaban J connectivity index is 1.48. The molecule has 0 bridgehead atoms. The lowest BCUT2D eigenvalue weighted by atomic mass is 10.1. The van der Waals surface area contributed by atoms with Crippen molar-refractivity contribution < 1.29 is 4.79 Å². The van der Waals surface area contributed by atoms with Crippen LogP contribution in [0.25, 0.3) is 0 Å². The van der Waals surface area contributed by atoms with E-state index >= 15 is 0 Å². The Bertz CT molecular complexity index is 602. The molecule has 1 unspecified atom stereocenters. The molecule has 2 aromatic rings. The van der Waals surface area contributed by atoms with Crippen molar-refractivity contribution in [2.24, 2.45) is 5.92 Å². The zero-order valence-electron chi connectivity index (χ0n) is 12.7. The Hall–Kier alpha value is -2.14. The van der Waals surface area contributed by atoms with Gasteiger partial charge in [-0.25, -0.2) is 0 Å². The van der Waals surface area contributed by atoms with E-state index in [1.54, 1.807) is 17.1 Å². The van der Waals surface area contributed by atoms with Gasteiger partial charge in [0, 0.05) is 12.7 Å². The molecule has 22 heavy (non-hydrogen) atoms. The van der Waals surface area contributed by atoms with Crippen LogP contribution in [0.3, 0.4) is 0 Å². The Kier molecular flexibility index (Phi) is 4.85. The molecule has 2 heterocycles. The molecule has 0 aliphatic carbocycles. The van der Waals surface area contributed by atoms with Crippen molar-refractivity contribution in [1.29, 1.82) is 0 Å². The number of hydrogen-bond donors (Lipinski definition) is 2. The van der Waals surface area contributed by atoms with E-state index < -0.39 is 0 Å². The lowest BCUT2D eigenvalue weighted by Gasteiger charge is -2.08. The summed E-state index contributed by atoms with van der Waals surface area (Å²) in [4.78, 5) is 12.1. The normalized spacial score (nSPS) is 17.5. The average Bonchev–Trinajstić information content (AvgIpc) is 3.20. The first-order valence-corrected chi connectivity index (χ1v) is 7.86. The highest BCUT2D eigenvalue weighted by Gasteiger charge is 2.15. The van der Waals surface area contributed by atoms with Crippen LogP contribution in [0.4, 0.5) is 0 Å². The van der Waals surface area contributed by atoms with E-state index in [0.29, 0.717) is 18.0 Å². The van der Waals surface area contributed by atoms with Crippen LogP contribution in [-0.2, 0) is 6.54 Å². The van der Waals surface area contributed by atoms with E-state index in [0.717, 1.165) is 26.1 Å². The zero-order valence-corrected chi connectivity index (χ0v) is 12.7. The molecule has 1 aliphatic heterocycles. The molecule has 116 valence electrons. The Morgan fingerprint density at radius 1 is 1.36 bits per heavy atom. The largest absolute Gasteiger partial charge is 0.352 e. The highest BCUT2D eigenvalue weighted by molar-refractivity contribution is 5.93. The van der Waals surface area contributed by atoms with Gasteiger partial charge in [-0.05, 0) is 37.4 Å². The van der Waals surface area contributed by atoms with Crippen LogP contribution in [-0.4, -0.2) is 35.3 Å². The van der Waals surface area contributed by atoms with E-state index in [9.17, 15) is 4.79 Å². The molecule has 5 nitrogen and oxygen atoms in total. The molecule has 0 saturated carbocycles. The number of benzene rings is 1. The third-order valence-electron chi connectivity index (χ3n) is 4.08. The number of aromatic nitrogens is 2. The molecule has 1 atom stereocenters. The van der Waals surface area contributed by atoms with Gasteiger partial charge < -0.3 is 10.6 Å². The maximum absolute atomic E-state index is 12.1. The smallest absolute Gasteiger partial charge is 0.254 e. The summed E-state index contributed by atoms with van der Waals surface area (Å²) in [6.45, 7) is 3.59. The van der Waals surface area contributed by atoms with E-state index in [2.05, 4.69) is 27.9 Å². The van der Waals surface area contributed by atoms with Crippen molar-refractivity contribution in [2.75, 3.05) is 19.6 Å². The van der Waals surface area contributed by atoms with Gasteiger partial charge in [0.1, 0.15) is 0 Å². The lowest BCUT2D eigenvalue weighted by molar-refractivity contribution is 0.0951. The van der Waals surface area contributed by atoms with Gasteiger partial charge >= 0.3 is 0 Å². The minimum atomic E-state index is -0.0368. The fourth-order valence-corrected chi connectivity index (χ4v) is 2.79. The second-order valence-electron chi connectivity index (χ2n) is 5.82. The summed E-state index contributed by atoms with van der Waals surface area (Å²) >= 11 is 0. The minimum Gasteiger partial charge on any atom is -0.352 e. The number of carbonyl (C=O) groups is 1. The number of amides is 1. The predicted molar refractivity (Wildman–Crippen MR) is 85.7 cm³/mol. The average molecular weight is 298 g/mol. The van der Waals surface area contributed by atoms with E-state index in [4.69, 9.17) is 0 Å². The zero-order chi connectivity index (χ0) is 15.2. The first-order valence-electron chi connectivity index (χ1n) is 7.86. The molecule has 0 spiro atoms. The van der Waals surface area contributed by atoms with E-state index in [-0.39, 0.29) is 5.91 Å². The fraction of sp³-hybridized carbons (Fsp3) is 0.412. The molecule has 1 aromatic carbocycles. The van der Waals surface area contributed by atoms with Crippen molar-refractivity contribution in [1.82, 2.24) is 20.4 Å². The molecule has 5 heteroatoms. The van der Waals surface area contributed by atoms with Crippen LogP contribution in [0.1, 0.15) is 28.8 Å².